The predicted molar refractivity (Wildman–Crippen MR) is 88.6 cm³/mol. The second-order valence-corrected chi connectivity index (χ2v) is 5.35. The molecule has 0 saturated carbocycles. The van der Waals surface area contributed by atoms with Crippen LogP contribution < -0.4 is 10.6 Å². The van der Waals surface area contributed by atoms with E-state index in [1.165, 1.54) is 6.07 Å². The topological polar surface area (TPSA) is 57.3 Å². The molecule has 0 radical (unpaired) electrons. The minimum atomic E-state index is -0.658. The van der Waals surface area contributed by atoms with Gasteiger partial charge in [-0.1, -0.05) is 18.2 Å². The van der Waals surface area contributed by atoms with E-state index in [4.69, 9.17) is 0 Å². The van der Waals surface area contributed by atoms with Gasteiger partial charge in [-0.25, -0.2) is 4.39 Å². The van der Waals surface area contributed by atoms with Crippen molar-refractivity contribution in [1.82, 2.24) is 15.2 Å². The van der Waals surface area contributed by atoms with Crippen molar-refractivity contribution in [2.24, 2.45) is 0 Å². The molecule has 1 atom stereocenters. The molecular formula is C17H21FN4O. The number of hydrogen-bond donors (Lipinski definition) is 2. The number of carbonyl (C=O) groups is 1. The Balaban J connectivity index is 1.91. The van der Waals surface area contributed by atoms with E-state index in [0.717, 1.165) is 5.69 Å². The fourth-order valence-corrected chi connectivity index (χ4v) is 2.31. The lowest BCUT2D eigenvalue weighted by Crippen LogP contribution is -2.39. The van der Waals surface area contributed by atoms with E-state index < -0.39 is 6.04 Å². The van der Waals surface area contributed by atoms with Crippen molar-refractivity contribution in [3.8, 4) is 0 Å². The van der Waals surface area contributed by atoms with Crippen LogP contribution in [0.5, 0.6) is 0 Å². The summed E-state index contributed by atoms with van der Waals surface area (Å²) in [6.45, 7) is 1.00. The summed E-state index contributed by atoms with van der Waals surface area (Å²) < 4.78 is 13.9. The third-order valence-electron chi connectivity index (χ3n) is 3.38. The first-order valence-corrected chi connectivity index (χ1v) is 7.42. The van der Waals surface area contributed by atoms with Gasteiger partial charge in [0.05, 0.1) is 5.69 Å². The number of halogens is 1. The number of pyridine rings is 1. The molecular weight excluding hydrogens is 295 g/mol. The molecule has 1 aromatic heterocycles. The van der Waals surface area contributed by atoms with Crippen LogP contribution in [0.1, 0.15) is 11.6 Å². The molecule has 2 N–H and O–H groups in total. The highest BCUT2D eigenvalue weighted by atomic mass is 19.1. The smallest absolute Gasteiger partial charge is 0.242 e. The molecule has 0 aliphatic rings. The third kappa shape index (κ3) is 4.75. The van der Waals surface area contributed by atoms with Crippen LogP contribution in [-0.2, 0) is 4.79 Å². The van der Waals surface area contributed by atoms with Crippen LogP contribution >= 0.6 is 0 Å². The Morgan fingerprint density at radius 3 is 2.65 bits per heavy atom. The van der Waals surface area contributed by atoms with Crippen LogP contribution in [-0.4, -0.2) is 43.0 Å². The van der Waals surface area contributed by atoms with Crippen molar-refractivity contribution in [1.29, 1.82) is 0 Å². The van der Waals surface area contributed by atoms with Crippen LogP contribution in [0.3, 0.4) is 0 Å². The standard InChI is InChI=1S/C17H21FN4O/c1-22(2)16(14-7-3-4-8-15(14)18)17(23)21-11-10-20-13-6-5-9-19-12-13/h3-9,12,16,20H,10-11H2,1-2H3,(H,21,23)/t16-/m1/s1. The normalized spacial score (nSPS) is 12.0. The average Bonchev–Trinajstić information content (AvgIpc) is 2.54. The van der Waals surface area contributed by atoms with Gasteiger partial charge < -0.3 is 10.6 Å². The molecule has 1 heterocycles. The van der Waals surface area contributed by atoms with Gasteiger partial charge in [-0.05, 0) is 32.3 Å². The zero-order chi connectivity index (χ0) is 16.7. The van der Waals surface area contributed by atoms with E-state index in [0.29, 0.717) is 18.7 Å². The number of anilines is 1. The molecule has 122 valence electrons. The van der Waals surface area contributed by atoms with E-state index in [2.05, 4.69) is 15.6 Å². The second-order valence-electron chi connectivity index (χ2n) is 5.35. The van der Waals surface area contributed by atoms with Gasteiger partial charge in [0.25, 0.3) is 0 Å². The van der Waals surface area contributed by atoms with Crippen molar-refractivity contribution in [2.75, 3.05) is 32.5 Å². The highest BCUT2D eigenvalue weighted by molar-refractivity contribution is 5.83. The van der Waals surface area contributed by atoms with E-state index in [9.17, 15) is 9.18 Å². The van der Waals surface area contributed by atoms with Gasteiger partial charge in [0.15, 0.2) is 0 Å². The van der Waals surface area contributed by atoms with E-state index in [-0.39, 0.29) is 11.7 Å². The molecule has 0 aliphatic heterocycles. The Morgan fingerprint density at radius 1 is 1.22 bits per heavy atom. The fraction of sp³-hybridized carbons (Fsp3) is 0.294. The lowest BCUT2D eigenvalue weighted by atomic mass is 10.0. The van der Waals surface area contributed by atoms with Crippen molar-refractivity contribution in [2.45, 2.75) is 6.04 Å². The Kier molecular flexibility index (Phi) is 6.05. The van der Waals surface area contributed by atoms with Gasteiger partial charge >= 0.3 is 0 Å². The lowest BCUT2D eigenvalue weighted by molar-refractivity contribution is -0.125. The highest BCUT2D eigenvalue weighted by Crippen LogP contribution is 2.21. The van der Waals surface area contributed by atoms with Gasteiger partial charge in [-0.3, -0.25) is 14.7 Å². The molecule has 6 heteroatoms. The Morgan fingerprint density at radius 2 is 2.00 bits per heavy atom. The summed E-state index contributed by atoms with van der Waals surface area (Å²) in [5, 5.41) is 5.98. The van der Waals surface area contributed by atoms with Crippen LogP contribution in [0.4, 0.5) is 10.1 Å². The van der Waals surface area contributed by atoms with E-state index in [1.54, 1.807) is 49.6 Å². The van der Waals surface area contributed by atoms with E-state index in [1.807, 2.05) is 12.1 Å². The molecule has 0 saturated heterocycles. The number of nitrogens with one attached hydrogen (secondary N) is 2. The highest BCUT2D eigenvalue weighted by Gasteiger charge is 2.25. The minimum absolute atomic E-state index is 0.229. The van der Waals surface area contributed by atoms with Crippen molar-refractivity contribution in [3.05, 3.63) is 60.2 Å². The number of benzene rings is 1. The number of aromatic nitrogens is 1. The Bertz CT molecular complexity index is 634. The van der Waals surface area contributed by atoms with Crippen LogP contribution in [0.2, 0.25) is 0 Å². The molecule has 0 fully saturated rings. The van der Waals surface area contributed by atoms with Gasteiger partial charge in [0, 0.05) is 31.0 Å². The number of rotatable bonds is 7. The number of amides is 1. The molecule has 2 rings (SSSR count). The van der Waals surface area contributed by atoms with Gasteiger partial charge in [-0.15, -0.1) is 0 Å². The molecule has 1 aromatic carbocycles. The minimum Gasteiger partial charge on any atom is -0.382 e. The maximum Gasteiger partial charge on any atom is 0.242 e. The Labute approximate surface area is 135 Å². The van der Waals surface area contributed by atoms with Crippen LogP contribution in [0, 0.1) is 5.82 Å². The molecule has 2 aromatic rings. The zero-order valence-electron chi connectivity index (χ0n) is 13.3. The maximum atomic E-state index is 13.9. The molecule has 5 nitrogen and oxygen atoms in total. The SMILES string of the molecule is CN(C)[C@@H](C(=O)NCCNc1cccnc1)c1ccccc1F. The summed E-state index contributed by atoms with van der Waals surface area (Å²) in [7, 11) is 3.51. The quantitative estimate of drug-likeness (QED) is 0.768. The van der Waals surface area contributed by atoms with Crippen LogP contribution in [0.15, 0.2) is 48.8 Å². The summed E-state index contributed by atoms with van der Waals surface area (Å²) in [5.74, 6) is -0.608. The second kappa shape index (κ2) is 8.24. The van der Waals surface area contributed by atoms with Crippen molar-refractivity contribution in [3.63, 3.8) is 0 Å². The van der Waals surface area contributed by atoms with Crippen LogP contribution in [0.25, 0.3) is 0 Å². The largest absolute Gasteiger partial charge is 0.382 e. The molecule has 23 heavy (non-hydrogen) atoms. The maximum absolute atomic E-state index is 13.9. The number of carbonyl (C=O) groups excluding carboxylic acids is 1. The third-order valence-corrected chi connectivity index (χ3v) is 3.38. The lowest BCUT2D eigenvalue weighted by Gasteiger charge is -2.24. The van der Waals surface area contributed by atoms with Crippen molar-refractivity contribution >= 4 is 11.6 Å². The predicted octanol–water partition coefficient (Wildman–Crippen LogP) is 2.05. The van der Waals surface area contributed by atoms with E-state index >= 15 is 0 Å². The monoisotopic (exact) mass is 316 g/mol. The fourth-order valence-electron chi connectivity index (χ4n) is 2.31. The number of likely N-dealkylation sites (N-methyl/N-ethyl adjacent to an activating group) is 1. The molecule has 0 aliphatic carbocycles. The summed E-state index contributed by atoms with van der Waals surface area (Å²) in [5.41, 5.74) is 1.26. The molecule has 0 bridgehead atoms. The molecule has 0 spiro atoms. The summed E-state index contributed by atoms with van der Waals surface area (Å²) in [6.07, 6.45) is 3.41. The van der Waals surface area contributed by atoms with Crippen molar-refractivity contribution < 1.29 is 9.18 Å². The summed E-state index contributed by atoms with van der Waals surface area (Å²) in [4.78, 5) is 18.1. The van der Waals surface area contributed by atoms with Gasteiger partial charge in [0.1, 0.15) is 11.9 Å². The Hall–Kier alpha value is -2.47. The first kappa shape index (κ1) is 16.9. The number of nitrogens with zero attached hydrogens (tertiary/aromatic N) is 2. The number of hydrogen-bond acceptors (Lipinski definition) is 4. The molecule has 0 unspecified atom stereocenters. The summed E-state index contributed by atoms with van der Waals surface area (Å²) >= 11 is 0. The average molecular weight is 316 g/mol. The zero-order valence-corrected chi connectivity index (χ0v) is 13.3. The first-order chi connectivity index (χ1) is 11.1. The van der Waals surface area contributed by atoms with Gasteiger partial charge in [0.2, 0.25) is 5.91 Å². The molecule has 1 amide bonds. The van der Waals surface area contributed by atoms with Gasteiger partial charge in [-0.2, -0.15) is 0 Å². The summed E-state index contributed by atoms with van der Waals surface area (Å²) in [6, 6.07) is 9.41. The first-order valence-electron chi connectivity index (χ1n) is 7.42.